The number of carboxylic acid groups (broad SMARTS) is 1. The van der Waals surface area contributed by atoms with E-state index in [1.165, 1.54) is 12.1 Å². The van der Waals surface area contributed by atoms with E-state index in [0.29, 0.717) is 66.5 Å². The number of phenolic OH excluding ortho intramolecular Hbond substituents is 1. The van der Waals surface area contributed by atoms with Gasteiger partial charge >= 0.3 is 5.97 Å². The number of carbonyl (C=O) groups is 1. The predicted octanol–water partition coefficient (Wildman–Crippen LogP) is 5.02. The third kappa shape index (κ3) is 3.99. The fraction of sp³-hybridized carbons (Fsp3) is 0.360. The first-order valence-corrected chi connectivity index (χ1v) is 11.0. The lowest BCUT2D eigenvalue weighted by molar-refractivity contribution is -0.148. The molecule has 0 radical (unpaired) electrons. The molecule has 8 heteroatoms. The van der Waals surface area contributed by atoms with Crippen molar-refractivity contribution in [3.05, 3.63) is 53.7 Å². The van der Waals surface area contributed by atoms with Gasteiger partial charge in [0, 0.05) is 30.1 Å². The highest BCUT2D eigenvalue weighted by atomic mass is 19.2. The zero-order valence-corrected chi connectivity index (χ0v) is 17.8. The minimum absolute atomic E-state index is 0.00382. The molecule has 0 unspecified atom stereocenters. The molecule has 0 spiro atoms. The summed E-state index contributed by atoms with van der Waals surface area (Å²) in [7, 11) is 0. The molecule has 2 aliphatic rings. The second kappa shape index (κ2) is 8.59. The van der Waals surface area contributed by atoms with Crippen LogP contribution in [-0.4, -0.2) is 40.5 Å². The zero-order valence-electron chi connectivity index (χ0n) is 17.8. The molecule has 1 aliphatic carbocycles. The van der Waals surface area contributed by atoms with E-state index in [1.54, 1.807) is 12.1 Å². The van der Waals surface area contributed by atoms with Crippen LogP contribution in [0.4, 0.5) is 8.78 Å². The Hall–Kier alpha value is -3.26. The average Bonchev–Trinajstić information content (AvgIpc) is 2.78. The van der Waals surface area contributed by atoms with E-state index in [0.717, 1.165) is 12.1 Å². The molecule has 1 aliphatic heterocycles. The molecule has 2 heterocycles. The number of aromatic hydroxyl groups is 1. The van der Waals surface area contributed by atoms with Crippen LogP contribution in [0.1, 0.15) is 37.3 Å². The molecule has 0 bridgehead atoms. The van der Waals surface area contributed by atoms with E-state index >= 15 is 0 Å². The van der Waals surface area contributed by atoms with Crippen molar-refractivity contribution in [2.24, 2.45) is 5.92 Å². The maximum atomic E-state index is 14.2. The van der Waals surface area contributed by atoms with Crippen molar-refractivity contribution < 1.29 is 33.3 Å². The third-order valence-corrected chi connectivity index (χ3v) is 6.54. The Morgan fingerprint density at radius 2 is 1.85 bits per heavy atom. The quantitative estimate of drug-likeness (QED) is 0.562. The van der Waals surface area contributed by atoms with Gasteiger partial charge < -0.3 is 19.7 Å². The first-order valence-electron chi connectivity index (χ1n) is 11.0. The first-order chi connectivity index (χ1) is 15.9. The van der Waals surface area contributed by atoms with Crippen LogP contribution in [0.3, 0.4) is 0 Å². The SMILES string of the molecule is O=C(O)[C@H]1C[C@H](Oc2nc(C3CCOCC3)c(-c3ccc(F)c(F)c3)c3cccc(O)c23)C1. The number of aromatic nitrogens is 1. The normalized spacial score (nSPS) is 21.0. The van der Waals surface area contributed by atoms with Crippen LogP contribution < -0.4 is 4.74 Å². The molecule has 172 valence electrons. The van der Waals surface area contributed by atoms with Crippen LogP contribution in [0.5, 0.6) is 11.6 Å². The van der Waals surface area contributed by atoms with Crippen molar-refractivity contribution in [3.63, 3.8) is 0 Å². The molecule has 1 saturated heterocycles. The highest BCUT2D eigenvalue weighted by Crippen LogP contribution is 2.45. The van der Waals surface area contributed by atoms with Crippen molar-refractivity contribution in [3.8, 4) is 22.8 Å². The lowest BCUT2D eigenvalue weighted by Crippen LogP contribution is -2.38. The minimum atomic E-state index is -0.965. The summed E-state index contributed by atoms with van der Waals surface area (Å²) in [6, 6.07) is 8.72. The van der Waals surface area contributed by atoms with Crippen molar-refractivity contribution in [2.75, 3.05) is 13.2 Å². The number of aliphatic carboxylic acids is 1. The number of fused-ring (bicyclic) bond motifs is 1. The minimum Gasteiger partial charge on any atom is -0.507 e. The van der Waals surface area contributed by atoms with Crippen molar-refractivity contribution in [1.82, 2.24) is 4.98 Å². The van der Waals surface area contributed by atoms with Crippen LogP contribution in [0, 0.1) is 17.6 Å². The third-order valence-electron chi connectivity index (χ3n) is 6.54. The maximum Gasteiger partial charge on any atom is 0.306 e. The molecule has 5 rings (SSSR count). The van der Waals surface area contributed by atoms with E-state index in [1.807, 2.05) is 0 Å². The van der Waals surface area contributed by atoms with Crippen LogP contribution in [-0.2, 0) is 9.53 Å². The van der Waals surface area contributed by atoms with Gasteiger partial charge in [-0.3, -0.25) is 4.79 Å². The summed E-state index contributed by atoms with van der Waals surface area (Å²) in [5, 5.41) is 20.9. The Bertz CT molecular complexity index is 1220. The Morgan fingerprint density at radius 1 is 1.09 bits per heavy atom. The van der Waals surface area contributed by atoms with Crippen LogP contribution in [0.25, 0.3) is 21.9 Å². The molecule has 0 atom stereocenters. The molecule has 2 aromatic carbocycles. The molecule has 0 amide bonds. The monoisotopic (exact) mass is 455 g/mol. The van der Waals surface area contributed by atoms with E-state index in [4.69, 9.17) is 14.5 Å². The fourth-order valence-corrected chi connectivity index (χ4v) is 4.66. The summed E-state index contributed by atoms with van der Waals surface area (Å²) >= 11 is 0. The van der Waals surface area contributed by atoms with Gasteiger partial charge in [-0.05, 0) is 49.4 Å². The standard InChI is InChI=1S/C25H23F2NO5/c26-18-5-4-14(12-19(18)27)21-17-2-1-3-20(29)22(17)24(33-16-10-15(11-16)25(30)31)28-23(21)13-6-8-32-9-7-13/h1-5,12-13,15-16,29H,6-11H2,(H,30,31)/t15-,16-. The maximum absolute atomic E-state index is 14.2. The zero-order chi connectivity index (χ0) is 23.1. The molecule has 2 fully saturated rings. The molecule has 6 nitrogen and oxygen atoms in total. The van der Waals surface area contributed by atoms with Gasteiger partial charge in [0.15, 0.2) is 11.6 Å². The highest BCUT2D eigenvalue weighted by molar-refractivity contribution is 6.03. The van der Waals surface area contributed by atoms with Gasteiger partial charge in [0.25, 0.3) is 0 Å². The second-order valence-corrected chi connectivity index (χ2v) is 8.64. The summed E-state index contributed by atoms with van der Waals surface area (Å²) in [5.41, 5.74) is 1.75. The summed E-state index contributed by atoms with van der Waals surface area (Å²) in [6.45, 7) is 1.11. The first kappa shape index (κ1) is 21.6. The van der Waals surface area contributed by atoms with Crippen LogP contribution in [0.15, 0.2) is 36.4 Å². The number of benzene rings is 2. The smallest absolute Gasteiger partial charge is 0.306 e. The number of phenols is 1. The van der Waals surface area contributed by atoms with Gasteiger partial charge in [-0.25, -0.2) is 13.8 Å². The number of carboxylic acids is 1. The van der Waals surface area contributed by atoms with Gasteiger partial charge in [0.05, 0.1) is 17.0 Å². The molecule has 33 heavy (non-hydrogen) atoms. The van der Waals surface area contributed by atoms with Crippen molar-refractivity contribution in [1.29, 1.82) is 0 Å². The largest absolute Gasteiger partial charge is 0.507 e. The molecule has 3 aromatic rings. The molecular weight excluding hydrogens is 432 g/mol. The van der Waals surface area contributed by atoms with Gasteiger partial charge in [-0.2, -0.15) is 0 Å². The summed E-state index contributed by atoms with van der Waals surface area (Å²) in [6.07, 6.45) is 1.82. The fourth-order valence-electron chi connectivity index (χ4n) is 4.66. The number of nitrogens with zero attached hydrogens (tertiary/aromatic N) is 1. The summed E-state index contributed by atoms with van der Waals surface area (Å²) in [5.74, 6) is -3.03. The number of pyridine rings is 1. The Labute approximate surface area is 188 Å². The Kier molecular flexibility index (Phi) is 5.62. The Balaban J connectivity index is 1.68. The number of hydrogen-bond donors (Lipinski definition) is 2. The van der Waals surface area contributed by atoms with Crippen molar-refractivity contribution >= 4 is 16.7 Å². The van der Waals surface area contributed by atoms with Gasteiger partial charge in [-0.1, -0.05) is 18.2 Å². The van der Waals surface area contributed by atoms with E-state index in [-0.39, 0.29) is 23.7 Å². The lowest BCUT2D eigenvalue weighted by atomic mass is 9.82. The summed E-state index contributed by atoms with van der Waals surface area (Å²) < 4.78 is 39.5. The predicted molar refractivity (Wildman–Crippen MR) is 116 cm³/mol. The number of ether oxygens (including phenoxy) is 2. The highest BCUT2D eigenvalue weighted by Gasteiger charge is 2.37. The van der Waals surface area contributed by atoms with E-state index < -0.39 is 23.5 Å². The van der Waals surface area contributed by atoms with Crippen LogP contribution >= 0.6 is 0 Å². The molecule has 1 saturated carbocycles. The topological polar surface area (TPSA) is 88.9 Å². The van der Waals surface area contributed by atoms with E-state index in [9.17, 15) is 23.8 Å². The molecular formula is C25H23F2NO5. The molecule has 2 N–H and O–H groups in total. The Morgan fingerprint density at radius 3 is 2.55 bits per heavy atom. The van der Waals surface area contributed by atoms with Crippen molar-refractivity contribution in [2.45, 2.75) is 37.7 Å². The average molecular weight is 455 g/mol. The number of rotatable bonds is 5. The van der Waals surface area contributed by atoms with Gasteiger partial charge in [0.1, 0.15) is 11.9 Å². The van der Waals surface area contributed by atoms with Gasteiger partial charge in [-0.15, -0.1) is 0 Å². The number of hydrogen-bond acceptors (Lipinski definition) is 5. The number of halogens is 2. The van der Waals surface area contributed by atoms with Crippen LogP contribution in [0.2, 0.25) is 0 Å². The summed E-state index contributed by atoms with van der Waals surface area (Å²) in [4.78, 5) is 16.0. The van der Waals surface area contributed by atoms with E-state index in [2.05, 4.69) is 0 Å². The molecule has 1 aromatic heterocycles. The second-order valence-electron chi connectivity index (χ2n) is 8.64. The lowest BCUT2D eigenvalue weighted by Gasteiger charge is -2.33. The van der Waals surface area contributed by atoms with Gasteiger partial charge in [0.2, 0.25) is 5.88 Å².